The number of amides is 2. The van der Waals surface area contributed by atoms with E-state index >= 15 is 0 Å². The lowest BCUT2D eigenvalue weighted by Gasteiger charge is -2.19. The molecule has 44 heavy (non-hydrogen) atoms. The van der Waals surface area contributed by atoms with Crippen LogP contribution in [-0.4, -0.2) is 41.0 Å². The Bertz CT molecular complexity index is 1800. The number of guanidine groups is 1. The molecule has 11 heteroatoms. The second-order valence-corrected chi connectivity index (χ2v) is 11.1. The van der Waals surface area contributed by atoms with E-state index in [4.69, 9.17) is 26.9 Å². The van der Waals surface area contributed by atoms with Gasteiger partial charge in [-0.25, -0.2) is 4.98 Å². The predicted molar refractivity (Wildman–Crippen MR) is 175 cm³/mol. The summed E-state index contributed by atoms with van der Waals surface area (Å²) in [6.07, 6.45) is 0.916. The zero-order valence-electron chi connectivity index (χ0n) is 24.1. The normalized spacial score (nSPS) is 11.6. The van der Waals surface area contributed by atoms with Crippen molar-refractivity contribution in [3.8, 4) is 17.1 Å². The van der Waals surface area contributed by atoms with Gasteiger partial charge in [-0.3, -0.25) is 14.6 Å². The number of carbonyl (C=O) groups is 2. The fourth-order valence-corrected chi connectivity index (χ4v) is 5.75. The number of anilines is 1. The molecular formula is C33H33N7O3S. The van der Waals surface area contributed by atoms with E-state index in [1.54, 1.807) is 61.3 Å². The largest absolute Gasteiger partial charge is 0.497 e. The van der Waals surface area contributed by atoms with Crippen molar-refractivity contribution in [1.82, 2.24) is 9.55 Å². The molecule has 0 radical (unpaired) electrons. The first-order chi connectivity index (χ1) is 21.3. The molecule has 1 heterocycles. The van der Waals surface area contributed by atoms with Gasteiger partial charge in [0.2, 0.25) is 5.91 Å². The predicted octanol–water partition coefficient (Wildman–Crippen LogP) is 5.20. The van der Waals surface area contributed by atoms with Crippen LogP contribution >= 0.6 is 11.8 Å². The molecule has 4 aromatic carbocycles. The van der Waals surface area contributed by atoms with E-state index in [9.17, 15) is 9.59 Å². The monoisotopic (exact) mass is 607 g/mol. The fourth-order valence-electron chi connectivity index (χ4n) is 4.85. The molecule has 1 atom stereocenters. The van der Waals surface area contributed by atoms with Crippen molar-refractivity contribution < 1.29 is 14.3 Å². The quantitative estimate of drug-likeness (QED) is 0.0861. The van der Waals surface area contributed by atoms with E-state index in [0.717, 1.165) is 15.4 Å². The number of primary amides is 1. The maximum Gasteiger partial charge on any atom is 0.255 e. The second-order valence-electron chi connectivity index (χ2n) is 10.0. The van der Waals surface area contributed by atoms with E-state index in [1.807, 2.05) is 59.2 Å². The van der Waals surface area contributed by atoms with Crippen LogP contribution in [0.4, 0.5) is 5.69 Å². The summed E-state index contributed by atoms with van der Waals surface area (Å²) in [6, 6.07) is 29.6. The molecule has 0 aliphatic rings. The SMILES string of the molecule is COc1ccc(NC(=O)c2ccc3c(c2)nc(-c2cccc(Sc4ccccc4)c2)n3[C@@H](CCCN=C(N)N)C(N)=O)cc1. The van der Waals surface area contributed by atoms with Crippen LogP contribution in [0.3, 0.4) is 0 Å². The number of hydrogen-bond donors (Lipinski definition) is 4. The summed E-state index contributed by atoms with van der Waals surface area (Å²) in [5, 5.41) is 2.90. The molecule has 0 spiro atoms. The van der Waals surface area contributed by atoms with Gasteiger partial charge in [0.25, 0.3) is 5.91 Å². The molecule has 224 valence electrons. The third-order valence-corrected chi connectivity index (χ3v) is 7.94. The van der Waals surface area contributed by atoms with Gasteiger partial charge in [-0.05, 0) is 79.6 Å². The van der Waals surface area contributed by atoms with E-state index in [0.29, 0.717) is 53.2 Å². The van der Waals surface area contributed by atoms with Crippen molar-refractivity contribution in [1.29, 1.82) is 0 Å². The molecule has 5 aromatic rings. The summed E-state index contributed by atoms with van der Waals surface area (Å²) in [4.78, 5) is 37.2. The van der Waals surface area contributed by atoms with E-state index in [2.05, 4.69) is 10.3 Å². The number of fused-ring (bicyclic) bond motifs is 1. The fraction of sp³-hybridized carbons (Fsp3) is 0.152. The van der Waals surface area contributed by atoms with Crippen LogP contribution in [0.1, 0.15) is 29.2 Å². The van der Waals surface area contributed by atoms with E-state index in [-0.39, 0.29) is 11.9 Å². The molecule has 0 saturated carbocycles. The van der Waals surface area contributed by atoms with Gasteiger partial charge in [-0.1, -0.05) is 42.1 Å². The van der Waals surface area contributed by atoms with Crippen LogP contribution in [0, 0.1) is 0 Å². The number of nitrogens with zero attached hydrogens (tertiary/aromatic N) is 3. The van der Waals surface area contributed by atoms with Gasteiger partial charge in [0, 0.05) is 33.2 Å². The minimum absolute atomic E-state index is 0.0115. The Morgan fingerprint density at radius 2 is 1.68 bits per heavy atom. The molecule has 5 rings (SSSR count). The molecule has 0 saturated heterocycles. The van der Waals surface area contributed by atoms with Crippen LogP contribution in [0.15, 0.2) is 112 Å². The Labute approximate surface area is 259 Å². The lowest BCUT2D eigenvalue weighted by atomic mass is 10.1. The number of aliphatic imine (C=N–C) groups is 1. The first-order valence-corrected chi connectivity index (χ1v) is 14.8. The number of imidazole rings is 1. The summed E-state index contributed by atoms with van der Waals surface area (Å²) in [5.41, 5.74) is 20.0. The van der Waals surface area contributed by atoms with Crippen molar-refractivity contribution >= 4 is 46.3 Å². The summed E-state index contributed by atoms with van der Waals surface area (Å²) in [6.45, 7) is 0.354. The maximum absolute atomic E-state index is 13.2. The summed E-state index contributed by atoms with van der Waals surface area (Å²) in [5.74, 6) is 0.442. The number of hydrogen-bond acceptors (Lipinski definition) is 6. The number of nitrogens with one attached hydrogen (secondary N) is 1. The van der Waals surface area contributed by atoms with Crippen LogP contribution in [-0.2, 0) is 4.79 Å². The topological polar surface area (TPSA) is 164 Å². The van der Waals surface area contributed by atoms with Gasteiger partial charge in [-0.15, -0.1) is 0 Å². The van der Waals surface area contributed by atoms with Gasteiger partial charge in [0.1, 0.15) is 17.6 Å². The summed E-state index contributed by atoms with van der Waals surface area (Å²) in [7, 11) is 1.58. The van der Waals surface area contributed by atoms with E-state index < -0.39 is 11.9 Å². The highest BCUT2D eigenvalue weighted by molar-refractivity contribution is 7.99. The lowest BCUT2D eigenvalue weighted by molar-refractivity contribution is -0.121. The Hall–Kier alpha value is -5.29. The average Bonchev–Trinajstić information content (AvgIpc) is 3.40. The molecule has 10 nitrogen and oxygen atoms in total. The maximum atomic E-state index is 13.2. The number of nitrogens with two attached hydrogens (primary N) is 3. The zero-order valence-corrected chi connectivity index (χ0v) is 25.0. The lowest BCUT2D eigenvalue weighted by Crippen LogP contribution is -2.27. The highest BCUT2D eigenvalue weighted by atomic mass is 32.2. The van der Waals surface area contributed by atoms with Crippen LogP contribution in [0.25, 0.3) is 22.4 Å². The Morgan fingerprint density at radius 1 is 0.932 bits per heavy atom. The Balaban J connectivity index is 1.54. The van der Waals surface area contributed by atoms with Crippen LogP contribution in [0.5, 0.6) is 5.75 Å². The Kier molecular flexibility index (Phi) is 9.46. The van der Waals surface area contributed by atoms with Crippen molar-refractivity contribution in [3.63, 3.8) is 0 Å². The minimum atomic E-state index is -0.728. The zero-order chi connectivity index (χ0) is 31.1. The highest BCUT2D eigenvalue weighted by Crippen LogP contribution is 2.35. The first kappa shape index (κ1) is 30.2. The third-order valence-electron chi connectivity index (χ3n) is 6.94. The van der Waals surface area contributed by atoms with Gasteiger partial charge in [0.15, 0.2) is 5.96 Å². The molecule has 0 bridgehead atoms. The standard InChI is InChI=1S/C33H33N7O3S/c1-43-24-15-13-23(14-16-24)38-32(42)22-12-17-28-27(20-22)39-31(40(28)29(30(34)41)11-6-18-37-33(35)36)21-7-5-10-26(19-21)44-25-8-3-2-4-9-25/h2-5,7-10,12-17,19-20,29H,6,11,18H2,1H3,(H2,34,41)(H,38,42)(H4,35,36,37)/t29-/m0/s1. The molecule has 1 aromatic heterocycles. The number of benzene rings is 4. The Morgan fingerprint density at radius 3 is 2.39 bits per heavy atom. The molecule has 0 aliphatic carbocycles. The van der Waals surface area contributed by atoms with Crippen molar-refractivity contribution in [2.45, 2.75) is 28.7 Å². The van der Waals surface area contributed by atoms with Crippen LogP contribution in [0.2, 0.25) is 0 Å². The number of ether oxygens (including phenoxy) is 1. The summed E-state index contributed by atoms with van der Waals surface area (Å²) >= 11 is 1.63. The highest BCUT2D eigenvalue weighted by Gasteiger charge is 2.25. The van der Waals surface area contributed by atoms with Crippen molar-refractivity contribution in [2.24, 2.45) is 22.2 Å². The molecule has 0 unspecified atom stereocenters. The van der Waals surface area contributed by atoms with Gasteiger partial charge in [-0.2, -0.15) is 0 Å². The first-order valence-electron chi connectivity index (χ1n) is 14.0. The number of methoxy groups -OCH3 is 1. The second kappa shape index (κ2) is 13.8. The third kappa shape index (κ3) is 7.19. The molecule has 0 aliphatic heterocycles. The smallest absolute Gasteiger partial charge is 0.255 e. The summed E-state index contributed by atoms with van der Waals surface area (Å²) < 4.78 is 7.05. The molecule has 7 N–H and O–H groups in total. The molecule has 2 amide bonds. The molecular weight excluding hydrogens is 574 g/mol. The van der Waals surface area contributed by atoms with Gasteiger partial charge >= 0.3 is 0 Å². The van der Waals surface area contributed by atoms with E-state index in [1.165, 1.54) is 0 Å². The van der Waals surface area contributed by atoms with Gasteiger partial charge < -0.3 is 31.8 Å². The number of rotatable bonds is 12. The van der Waals surface area contributed by atoms with Gasteiger partial charge in [0.05, 0.1) is 18.1 Å². The minimum Gasteiger partial charge on any atom is -0.497 e. The number of aromatic nitrogens is 2. The van der Waals surface area contributed by atoms with Crippen LogP contribution < -0.4 is 27.3 Å². The molecule has 0 fully saturated rings. The average molecular weight is 608 g/mol. The van der Waals surface area contributed by atoms with Crippen molar-refractivity contribution in [2.75, 3.05) is 19.0 Å². The number of carbonyl (C=O) groups excluding carboxylic acids is 2. The van der Waals surface area contributed by atoms with Crippen molar-refractivity contribution in [3.05, 3.63) is 103 Å².